The van der Waals surface area contributed by atoms with E-state index in [4.69, 9.17) is 9.47 Å². The summed E-state index contributed by atoms with van der Waals surface area (Å²) in [5.41, 5.74) is 1.54. The number of fused-ring (bicyclic) bond motifs is 1. The quantitative estimate of drug-likeness (QED) is 0.781. The Kier molecular flexibility index (Phi) is 3.08. The van der Waals surface area contributed by atoms with E-state index in [1.807, 2.05) is 6.07 Å². The van der Waals surface area contributed by atoms with Crippen molar-refractivity contribution in [2.75, 3.05) is 19.5 Å². The van der Waals surface area contributed by atoms with Gasteiger partial charge in [0.1, 0.15) is 5.82 Å². The van der Waals surface area contributed by atoms with Gasteiger partial charge in [-0.05, 0) is 18.2 Å². The number of ether oxygens (including phenoxy) is 2. The van der Waals surface area contributed by atoms with Gasteiger partial charge in [0.15, 0.2) is 11.4 Å². The molecule has 0 aliphatic rings. The predicted molar refractivity (Wildman–Crippen MR) is 73.6 cm³/mol. The van der Waals surface area contributed by atoms with Gasteiger partial charge in [-0.25, -0.2) is 9.50 Å². The smallest absolute Gasteiger partial charge is 0.258 e. The van der Waals surface area contributed by atoms with Crippen LogP contribution in [0.25, 0.3) is 5.65 Å². The van der Waals surface area contributed by atoms with E-state index in [1.54, 1.807) is 49.5 Å². The number of pyridine rings is 1. The van der Waals surface area contributed by atoms with Crippen molar-refractivity contribution in [3.05, 3.63) is 36.8 Å². The molecule has 0 amide bonds. The Bertz CT molecular complexity index is 740. The molecule has 3 aromatic heterocycles. The molecule has 0 aliphatic carbocycles. The van der Waals surface area contributed by atoms with Crippen LogP contribution in [-0.2, 0) is 0 Å². The first kappa shape index (κ1) is 12.2. The maximum atomic E-state index is 5.18. The van der Waals surface area contributed by atoms with Gasteiger partial charge >= 0.3 is 0 Å². The molecule has 0 aliphatic heterocycles. The molecular weight excluding hydrogens is 258 g/mol. The summed E-state index contributed by atoms with van der Waals surface area (Å²) < 4.78 is 12.0. The third-order valence-electron chi connectivity index (χ3n) is 2.80. The molecular formula is C13H13N5O2. The van der Waals surface area contributed by atoms with E-state index in [9.17, 15) is 0 Å². The number of hydrogen-bond acceptors (Lipinski definition) is 6. The predicted octanol–water partition coefficient (Wildman–Crippen LogP) is 1.89. The van der Waals surface area contributed by atoms with Gasteiger partial charge in [-0.2, -0.15) is 10.1 Å². The summed E-state index contributed by atoms with van der Waals surface area (Å²) in [5, 5.41) is 7.34. The number of nitrogens with zero attached hydrogens (tertiary/aromatic N) is 4. The van der Waals surface area contributed by atoms with Crippen LogP contribution in [-0.4, -0.2) is 33.8 Å². The Morgan fingerprint density at radius 1 is 1.10 bits per heavy atom. The second-order valence-electron chi connectivity index (χ2n) is 3.97. The molecule has 7 heteroatoms. The van der Waals surface area contributed by atoms with Crippen molar-refractivity contribution in [3.63, 3.8) is 0 Å². The van der Waals surface area contributed by atoms with Gasteiger partial charge in [-0.15, -0.1) is 0 Å². The third kappa shape index (κ3) is 2.09. The summed E-state index contributed by atoms with van der Waals surface area (Å²) in [4.78, 5) is 8.58. The van der Waals surface area contributed by atoms with Crippen molar-refractivity contribution in [1.29, 1.82) is 0 Å². The van der Waals surface area contributed by atoms with E-state index in [-0.39, 0.29) is 0 Å². The summed E-state index contributed by atoms with van der Waals surface area (Å²) in [6, 6.07) is 5.43. The first-order chi connectivity index (χ1) is 9.81. The molecule has 0 unspecified atom stereocenters. The fourth-order valence-corrected chi connectivity index (χ4v) is 1.87. The minimum atomic E-state index is 0.422. The second-order valence-corrected chi connectivity index (χ2v) is 3.97. The van der Waals surface area contributed by atoms with Crippen LogP contribution in [0.4, 0.5) is 11.5 Å². The van der Waals surface area contributed by atoms with Gasteiger partial charge in [-0.1, -0.05) is 0 Å². The molecule has 102 valence electrons. The highest BCUT2D eigenvalue weighted by atomic mass is 16.5. The largest absolute Gasteiger partial charge is 0.491 e. The standard InChI is InChI=1S/C13H13N5O2/c1-19-10-3-4-11(17-13(10)20-2)16-9-5-6-15-18-8-7-14-12(9)18/h3-8H,1-2H3,(H,16,17). The van der Waals surface area contributed by atoms with E-state index < -0.39 is 0 Å². The topological polar surface area (TPSA) is 73.6 Å². The molecule has 3 rings (SSSR count). The average Bonchev–Trinajstić information content (AvgIpc) is 2.96. The number of methoxy groups -OCH3 is 2. The highest BCUT2D eigenvalue weighted by Gasteiger charge is 2.08. The van der Waals surface area contributed by atoms with E-state index >= 15 is 0 Å². The summed E-state index contributed by atoms with van der Waals surface area (Å²) >= 11 is 0. The fraction of sp³-hybridized carbons (Fsp3) is 0.154. The van der Waals surface area contributed by atoms with Crippen molar-refractivity contribution in [1.82, 2.24) is 19.6 Å². The van der Waals surface area contributed by atoms with E-state index in [0.29, 0.717) is 17.4 Å². The van der Waals surface area contributed by atoms with Gasteiger partial charge in [0.2, 0.25) is 0 Å². The zero-order chi connectivity index (χ0) is 13.9. The van der Waals surface area contributed by atoms with Crippen LogP contribution in [0.1, 0.15) is 0 Å². The zero-order valence-corrected chi connectivity index (χ0v) is 11.1. The van der Waals surface area contributed by atoms with E-state index in [2.05, 4.69) is 20.4 Å². The molecule has 0 aromatic carbocycles. The number of aromatic nitrogens is 4. The molecule has 3 heterocycles. The van der Waals surface area contributed by atoms with Crippen LogP contribution < -0.4 is 14.8 Å². The molecule has 0 radical (unpaired) electrons. The Hall–Kier alpha value is -2.83. The fourth-order valence-electron chi connectivity index (χ4n) is 1.87. The Morgan fingerprint density at radius 2 is 2.00 bits per heavy atom. The van der Waals surface area contributed by atoms with E-state index in [0.717, 1.165) is 11.3 Å². The SMILES string of the molecule is COc1ccc(Nc2ccnn3ccnc23)nc1OC. The van der Waals surface area contributed by atoms with Gasteiger partial charge in [0.05, 0.1) is 26.1 Å². The Labute approximate surface area is 115 Å². The van der Waals surface area contributed by atoms with Crippen LogP contribution in [0.15, 0.2) is 36.8 Å². The molecule has 0 fully saturated rings. The lowest BCUT2D eigenvalue weighted by atomic mass is 10.4. The van der Waals surface area contributed by atoms with E-state index in [1.165, 1.54) is 0 Å². The summed E-state index contributed by atoms with van der Waals surface area (Å²) in [6.45, 7) is 0. The molecule has 1 N–H and O–H groups in total. The molecule has 20 heavy (non-hydrogen) atoms. The van der Waals surface area contributed by atoms with Gasteiger partial charge in [0.25, 0.3) is 5.88 Å². The molecule has 0 saturated heterocycles. The van der Waals surface area contributed by atoms with Crippen LogP contribution >= 0.6 is 0 Å². The molecule has 0 saturated carbocycles. The van der Waals surface area contributed by atoms with Crippen LogP contribution in [0.2, 0.25) is 0 Å². The summed E-state index contributed by atoms with van der Waals surface area (Å²) in [5.74, 6) is 1.64. The number of hydrogen-bond donors (Lipinski definition) is 1. The minimum Gasteiger partial charge on any atom is -0.491 e. The normalized spacial score (nSPS) is 10.5. The lowest BCUT2D eigenvalue weighted by Gasteiger charge is -2.10. The Balaban J connectivity index is 1.96. The lowest BCUT2D eigenvalue weighted by molar-refractivity contribution is 0.343. The highest BCUT2D eigenvalue weighted by molar-refractivity contribution is 5.72. The maximum Gasteiger partial charge on any atom is 0.258 e. The lowest BCUT2D eigenvalue weighted by Crippen LogP contribution is -2.00. The van der Waals surface area contributed by atoms with Crippen molar-refractivity contribution in [2.24, 2.45) is 0 Å². The van der Waals surface area contributed by atoms with Crippen LogP contribution in [0.5, 0.6) is 11.6 Å². The van der Waals surface area contributed by atoms with Gasteiger partial charge in [0, 0.05) is 12.4 Å². The maximum absolute atomic E-state index is 5.18. The van der Waals surface area contributed by atoms with Crippen molar-refractivity contribution in [2.45, 2.75) is 0 Å². The number of rotatable bonds is 4. The third-order valence-corrected chi connectivity index (χ3v) is 2.80. The van der Waals surface area contributed by atoms with Crippen molar-refractivity contribution >= 4 is 17.2 Å². The molecule has 0 atom stereocenters. The zero-order valence-electron chi connectivity index (χ0n) is 11.1. The molecule has 0 spiro atoms. The van der Waals surface area contributed by atoms with Crippen LogP contribution in [0, 0.1) is 0 Å². The van der Waals surface area contributed by atoms with Crippen molar-refractivity contribution < 1.29 is 9.47 Å². The second kappa shape index (κ2) is 5.04. The average molecular weight is 271 g/mol. The number of anilines is 2. The first-order valence-corrected chi connectivity index (χ1v) is 5.96. The molecule has 0 bridgehead atoms. The number of imidazole rings is 1. The molecule has 3 aromatic rings. The van der Waals surface area contributed by atoms with Crippen LogP contribution in [0.3, 0.4) is 0 Å². The van der Waals surface area contributed by atoms with Gasteiger partial charge < -0.3 is 14.8 Å². The monoisotopic (exact) mass is 271 g/mol. The Morgan fingerprint density at radius 3 is 2.80 bits per heavy atom. The van der Waals surface area contributed by atoms with Crippen molar-refractivity contribution in [3.8, 4) is 11.6 Å². The van der Waals surface area contributed by atoms with Gasteiger partial charge in [-0.3, -0.25) is 0 Å². The minimum absolute atomic E-state index is 0.422. The highest BCUT2D eigenvalue weighted by Crippen LogP contribution is 2.27. The molecule has 7 nitrogen and oxygen atoms in total. The number of nitrogens with one attached hydrogen (secondary N) is 1. The summed E-state index contributed by atoms with van der Waals surface area (Å²) in [7, 11) is 3.12. The first-order valence-electron chi connectivity index (χ1n) is 5.96. The summed E-state index contributed by atoms with van der Waals surface area (Å²) in [6.07, 6.45) is 5.16.